The van der Waals surface area contributed by atoms with E-state index in [1.807, 2.05) is 6.26 Å². The van der Waals surface area contributed by atoms with Gasteiger partial charge in [0.05, 0.1) is 12.6 Å². The van der Waals surface area contributed by atoms with Crippen molar-refractivity contribution in [1.82, 2.24) is 19.5 Å². The van der Waals surface area contributed by atoms with E-state index in [0.717, 1.165) is 0 Å². The molecule has 1 saturated heterocycles. The molecule has 1 fully saturated rings. The number of amides is 2. The number of nitrogen functional groups attached to an aromatic ring is 1. The summed E-state index contributed by atoms with van der Waals surface area (Å²) < 4.78 is 19.4. The van der Waals surface area contributed by atoms with Crippen LogP contribution in [0.4, 0.5) is 5.82 Å². The lowest BCUT2D eigenvalue weighted by molar-refractivity contribution is -0.138. The van der Waals surface area contributed by atoms with Gasteiger partial charge in [-0.15, -0.1) is 0 Å². The Morgan fingerprint density at radius 1 is 1.17 bits per heavy atom. The summed E-state index contributed by atoms with van der Waals surface area (Å²) in [6, 6.07) is -0.974. The van der Waals surface area contributed by atoms with Crippen LogP contribution >= 0.6 is 0 Å². The van der Waals surface area contributed by atoms with Gasteiger partial charge < -0.3 is 66.2 Å². The molecule has 1 unspecified atom stereocenters. The minimum absolute atomic E-state index is 0. The van der Waals surface area contributed by atoms with Crippen molar-refractivity contribution in [2.24, 2.45) is 17.2 Å². The second kappa shape index (κ2) is 13.3. The van der Waals surface area contributed by atoms with Gasteiger partial charge in [-0.2, -0.15) is 0 Å². The van der Waals surface area contributed by atoms with Gasteiger partial charge >= 0.3 is 5.97 Å². The van der Waals surface area contributed by atoms with Crippen LogP contribution in [0.1, 0.15) is 12.6 Å². The molecule has 1 aliphatic rings. The van der Waals surface area contributed by atoms with E-state index in [0.29, 0.717) is 22.7 Å². The number of carbonyl (C=O) groups excluding carboxylic acids is 2. The molecule has 3 heterocycles. The fourth-order valence-electron chi connectivity index (χ4n) is 3.67. The number of fused-ring (bicyclic) bond motifs is 1. The van der Waals surface area contributed by atoms with Crippen molar-refractivity contribution in [2.45, 2.75) is 37.0 Å². The summed E-state index contributed by atoms with van der Waals surface area (Å²) in [5.74, 6) is -1.34. The smallest absolute Gasteiger partial charge is 0.320 e. The zero-order valence-corrected chi connectivity index (χ0v) is 22.3. The fraction of sp³-hybridized carbons (Fsp3) is 0.579. The zero-order chi connectivity index (χ0) is 25.7. The summed E-state index contributed by atoms with van der Waals surface area (Å²) in [6.07, 6.45) is 1.77. The van der Waals surface area contributed by atoms with Crippen molar-refractivity contribution in [3.05, 3.63) is 12.7 Å². The molecule has 15 nitrogen and oxygen atoms in total. The van der Waals surface area contributed by atoms with E-state index in [1.54, 1.807) is 4.57 Å². The molecule has 0 aliphatic carbocycles. The summed E-state index contributed by atoms with van der Waals surface area (Å²) in [6.45, 7) is -0.836. The first kappa shape index (κ1) is 29.9. The van der Waals surface area contributed by atoms with Gasteiger partial charge in [0.15, 0.2) is 17.7 Å². The van der Waals surface area contributed by atoms with Crippen molar-refractivity contribution in [3.63, 3.8) is 0 Å². The van der Waals surface area contributed by atoms with Gasteiger partial charge in [0.1, 0.15) is 60.9 Å². The monoisotopic (exact) mass is 640 g/mol. The number of ether oxygens (including phenoxy) is 3. The number of hydrogen-bond acceptors (Lipinski definition) is 11. The third-order valence-electron chi connectivity index (χ3n) is 5.33. The van der Waals surface area contributed by atoms with Gasteiger partial charge in [0, 0.05) is 6.42 Å². The molecule has 0 spiro atoms. The van der Waals surface area contributed by atoms with Crippen molar-refractivity contribution in [3.8, 4) is 0 Å². The molecular weight excluding hydrogens is 611 g/mol. The number of aliphatic carboxylic acids is 1. The van der Waals surface area contributed by atoms with E-state index in [2.05, 4.69) is 15.0 Å². The SMILES string of the molecule is C[S+](CC[C@H](N)C(=O)O)C[C@H]1O[C@@H](n2cnc3c(N)ncnc32)[C@H](OCC(N)=O)[C@@H]1OCC(N)=O.[I-]. The van der Waals surface area contributed by atoms with Gasteiger partial charge in [0.25, 0.3) is 0 Å². The highest BCUT2D eigenvalue weighted by molar-refractivity contribution is 7.96. The van der Waals surface area contributed by atoms with E-state index in [-0.39, 0.29) is 47.1 Å². The molecule has 0 bridgehead atoms. The third-order valence-corrected chi connectivity index (χ3v) is 7.16. The fourth-order valence-corrected chi connectivity index (χ4v) is 5.33. The van der Waals surface area contributed by atoms with Crippen molar-refractivity contribution in [1.29, 1.82) is 0 Å². The molecule has 3 rings (SSSR count). The van der Waals surface area contributed by atoms with E-state index in [4.69, 9.17) is 42.3 Å². The summed E-state index contributed by atoms with van der Waals surface area (Å²) in [5, 5.41) is 9.04. The Hall–Kier alpha value is -2.32. The van der Waals surface area contributed by atoms with Gasteiger partial charge in [-0.3, -0.25) is 19.0 Å². The van der Waals surface area contributed by atoms with Crippen LogP contribution < -0.4 is 46.9 Å². The predicted octanol–water partition coefficient (Wildman–Crippen LogP) is -5.90. The largest absolute Gasteiger partial charge is 1.00 e. The number of carboxylic acid groups (broad SMARTS) is 1. The lowest BCUT2D eigenvalue weighted by atomic mass is 10.1. The summed E-state index contributed by atoms with van der Waals surface area (Å²) in [7, 11) is -0.334. The minimum Gasteiger partial charge on any atom is -1.00 e. The number of halogens is 1. The van der Waals surface area contributed by atoms with E-state index >= 15 is 0 Å². The molecule has 2 aromatic rings. The standard InChI is InChI=1S/C19H28N8O7S.HI/c1-35(3-2-9(20)19(30)31)6-10-14(32-4-11(21)28)15(33-5-12(22)29)18(34-10)27-8-26-13-16(23)24-7-25-17(13)27;/h7-10,14-15,18H,2-6,20H2,1H3,(H6-,21,22,23,24,25,28,29,30,31);1H/t9-,10+,14+,15+,18+,35?;/m0./s1. The second-order valence-corrected chi connectivity index (χ2v) is 10.3. The highest BCUT2D eigenvalue weighted by atomic mass is 127. The van der Waals surface area contributed by atoms with Crippen LogP contribution in [0.15, 0.2) is 12.7 Å². The quantitative estimate of drug-likeness (QED) is 0.101. The molecule has 36 heavy (non-hydrogen) atoms. The first-order valence-corrected chi connectivity index (χ1v) is 12.5. The Morgan fingerprint density at radius 2 is 1.81 bits per heavy atom. The molecule has 1 aliphatic heterocycles. The molecular formula is C19H29IN8O7S. The van der Waals surface area contributed by atoms with Crippen LogP contribution in [0.2, 0.25) is 0 Å². The molecule has 0 aromatic carbocycles. The normalized spacial score (nSPS) is 23.2. The Morgan fingerprint density at radius 3 is 2.42 bits per heavy atom. The lowest BCUT2D eigenvalue weighted by Crippen LogP contribution is -3.00. The maximum absolute atomic E-state index is 11.5. The number of nitrogens with two attached hydrogens (primary N) is 4. The Balaban J connectivity index is 0.00000456. The molecule has 17 heteroatoms. The average Bonchev–Trinajstić information content (AvgIpc) is 3.36. The zero-order valence-electron chi connectivity index (χ0n) is 19.4. The van der Waals surface area contributed by atoms with Crippen LogP contribution in [-0.2, 0) is 39.5 Å². The second-order valence-electron chi connectivity index (χ2n) is 8.02. The Bertz CT molecular complexity index is 1080. The number of aromatic nitrogens is 4. The number of primary amides is 2. The molecule has 9 N–H and O–H groups in total. The summed E-state index contributed by atoms with van der Waals surface area (Å²) in [5.41, 5.74) is 22.8. The number of hydrogen-bond donors (Lipinski definition) is 5. The van der Waals surface area contributed by atoms with E-state index in [9.17, 15) is 14.4 Å². The number of rotatable bonds is 13. The number of anilines is 1. The Kier molecular flexibility index (Phi) is 11.0. The van der Waals surface area contributed by atoms with Crippen molar-refractivity contribution < 1.29 is 57.7 Å². The first-order valence-electron chi connectivity index (χ1n) is 10.5. The van der Waals surface area contributed by atoms with Crippen molar-refractivity contribution >= 4 is 45.7 Å². The molecule has 6 atom stereocenters. The predicted molar refractivity (Wildman–Crippen MR) is 125 cm³/mol. The van der Waals surface area contributed by atoms with Gasteiger partial charge in [-0.1, -0.05) is 0 Å². The third kappa shape index (κ3) is 7.35. The summed E-state index contributed by atoms with van der Waals surface area (Å²) >= 11 is 0. The van der Waals surface area contributed by atoms with Gasteiger partial charge in [-0.25, -0.2) is 15.0 Å². The Labute approximate surface area is 226 Å². The van der Waals surface area contributed by atoms with Crippen LogP contribution in [0.5, 0.6) is 0 Å². The van der Waals surface area contributed by atoms with Gasteiger partial charge in [0.2, 0.25) is 11.8 Å². The molecule has 2 amide bonds. The highest BCUT2D eigenvalue weighted by Crippen LogP contribution is 2.36. The lowest BCUT2D eigenvalue weighted by Gasteiger charge is -2.24. The van der Waals surface area contributed by atoms with Crippen LogP contribution in [0, 0.1) is 0 Å². The topological polar surface area (TPSA) is 247 Å². The highest BCUT2D eigenvalue weighted by Gasteiger charge is 2.50. The molecule has 0 radical (unpaired) electrons. The number of imidazole rings is 1. The van der Waals surface area contributed by atoms with E-state index < -0.39 is 61.6 Å². The number of carbonyl (C=O) groups is 3. The van der Waals surface area contributed by atoms with Crippen molar-refractivity contribution in [2.75, 3.05) is 36.7 Å². The molecule has 0 saturated carbocycles. The minimum atomic E-state index is -1.07. The first-order chi connectivity index (χ1) is 16.6. The number of carboxylic acids is 1. The maximum Gasteiger partial charge on any atom is 0.320 e. The van der Waals surface area contributed by atoms with Crippen LogP contribution in [0.3, 0.4) is 0 Å². The molecule has 2 aromatic heterocycles. The number of nitrogens with zero attached hydrogens (tertiary/aromatic N) is 4. The maximum atomic E-state index is 11.5. The average molecular weight is 640 g/mol. The van der Waals surface area contributed by atoms with Crippen LogP contribution in [-0.4, -0.2) is 97.7 Å². The van der Waals surface area contributed by atoms with Gasteiger partial charge in [-0.05, 0) is 10.9 Å². The molecule has 200 valence electrons. The summed E-state index contributed by atoms with van der Waals surface area (Å²) in [4.78, 5) is 46.4. The van der Waals surface area contributed by atoms with Crippen LogP contribution in [0.25, 0.3) is 11.2 Å². The van der Waals surface area contributed by atoms with E-state index in [1.165, 1.54) is 12.7 Å².